The van der Waals surface area contributed by atoms with Crippen LogP contribution in [-0.4, -0.2) is 17.3 Å². The molecule has 0 spiro atoms. The van der Waals surface area contributed by atoms with Gasteiger partial charge in [-0.2, -0.15) is 0 Å². The molecule has 0 amide bonds. The minimum Gasteiger partial charge on any atom is -0.299 e. The zero-order chi connectivity index (χ0) is 14.3. The molecule has 3 nitrogen and oxygen atoms in total. The van der Waals surface area contributed by atoms with Crippen molar-refractivity contribution < 1.29 is 14.4 Å². The molecule has 1 fully saturated rings. The van der Waals surface area contributed by atoms with Gasteiger partial charge in [0.05, 0.1) is 6.42 Å². The van der Waals surface area contributed by atoms with E-state index in [-0.39, 0.29) is 35.6 Å². The third-order valence-electron chi connectivity index (χ3n) is 4.72. The van der Waals surface area contributed by atoms with E-state index in [4.69, 9.17) is 0 Å². The largest absolute Gasteiger partial charge is 0.299 e. The maximum Gasteiger partial charge on any atom is 0.166 e. The van der Waals surface area contributed by atoms with Crippen LogP contribution >= 0.6 is 0 Å². The van der Waals surface area contributed by atoms with E-state index in [1.165, 1.54) is 0 Å². The van der Waals surface area contributed by atoms with Crippen molar-refractivity contribution in [3.63, 3.8) is 0 Å². The molecule has 0 aromatic heterocycles. The lowest BCUT2D eigenvalue weighted by Gasteiger charge is -2.31. The molecule has 0 aliphatic heterocycles. The Morgan fingerprint density at radius 2 is 1.75 bits per heavy atom. The molecule has 3 rings (SSSR count). The number of benzene rings is 1. The molecule has 3 heteroatoms. The first-order valence-electron chi connectivity index (χ1n) is 7.25. The minimum atomic E-state index is -0.242. The van der Waals surface area contributed by atoms with Gasteiger partial charge >= 0.3 is 0 Å². The number of hydrogen-bond donors (Lipinski definition) is 0. The normalized spacial score (nSPS) is 26.6. The summed E-state index contributed by atoms with van der Waals surface area (Å²) in [5.74, 6) is -0.372. The average Bonchev–Trinajstić information content (AvgIpc) is 2.41. The summed E-state index contributed by atoms with van der Waals surface area (Å²) < 4.78 is 0. The van der Waals surface area contributed by atoms with Gasteiger partial charge in [-0.1, -0.05) is 18.2 Å². The minimum absolute atomic E-state index is 0.0192. The van der Waals surface area contributed by atoms with E-state index < -0.39 is 0 Å². The molecule has 0 N–H and O–H groups in total. The van der Waals surface area contributed by atoms with Crippen molar-refractivity contribution in [3.05, 3.63) is 34.9 Å². The number of carbonyl (C=O) groups is 3. The smallest absolute Gasteiger partial charge is 0.166 e. The topological polar surface area (TPSA) is 51.2 Å². The van der Waals surface area contributed by atoms with Gasteiger partial charge < -0.3 is 0 Å². The van der Waals surface area contributed by atoms with Crippen LogP contribution in [0.4, 0.5) is 0 Å². The van der Waals surface area contributed by atoms with E-state index in [0.717, 1.165) is 29.5 Å². The van der Waals surface area contributed by atoms with Gasteiger partial charge in [0, 0.05) is 23.8 Å². The van der Waals surface area contributed by atoms with Crippen molar-refractivity contribution in [2.75, 3.05) is 0 Å². The number of ketones is 3. The fourth-order valence-electron chi connectivity index (χ4n) is 3.60. The van der Waals surface area contributed by atoms with Crippen LogP contribution in [0, 0.1) is 18.8 Å². The summed E-state index contributed by atoms with van der Waals surface area (Å²) in [6, 6.07) is 5.80. The van der Waals surface area contributed by atoms with Crippen LogP contribution in [0.25, 0.3) is 0 Å². The molecule has 2 aliphatic rings. The number of Topliss-reactive ketones (excluding diaryl/α,β-unsaturated/α-hetero) is 3. The lowest BCUT2D eigenvalue weighted by molar-refractivity contribution is -0.133. The van der Waals surface area contributed by atoms with Crippen molar-refractivity contribution in [2.45, 2.75) is 39.0 Å². The highest BCUT2D eigenvalue weighted by Crippen LogP contribution is 2.36. The Labute approximate surface area is 118 Å². The standard InChI is InChI=1S/C17H18O3/c1-10-3-2-4-14-12(10)7-8-15(17(14)20)13-6-5-11(18)9-16(13)19/h2-4,13,15H,5-9H2,1H3. The average molecular weight is 270 g/mol. The van der Waals surface area contributed by atoms with Crippen molar-refractivity contribution in [3.8, 4) is 0 Å². The van der Waals surface area contributed by atoms with E-state index in [9.17, 15) is 14.4 Å². The Balaban J connectivity index is 1.89. The maximum absolute atomic E-state index is 12.7. The van der Waals surface area contributed by atoms with Crippen LogP contribution in [-0.2, 0) is 16.0 Å². The molecule has 1 saturated carbocycles. The van der Waals surface area contributed by atoms with Crippen LogP contribution in [0.3, 0.4) is 0 Å². The Bertz CT molecular complexity index is 600. The molecule has 0 heterocycles. The molecule has 104 valence electrons. The Kier molecular flexibility index (Phi) is 3.28. The second-order valence-electron chi connectivity index (χ2n) is 5.94. The second-order valence-corrected chi connectivity index (χ2v) is 5.94. The molecule has 0 saturated heterocycles. The highest BCUT2D eigenvalue weighted by Gasteiger charge is 2.39. The number of hydrogen-bond acceptors (Lipinski definition) is 3. The third kappa shape index (κ3) is 2.11. The zero-order valence-electron chi connectivity index (χ0n) is 11.6. The van der Waals surface area contributed by atoms with Crippen LogP contribution in [0.15, 0.2) is 18.2 Å². The monoisotopic (exact) mass is 270 g/mol. The Morgan fingerprint density at radius 1 is 1.00 bits per heavy atom. The molecule has 20 heavy (non-hydrogen) atoms. The first-order chi connectivity index (χ1) is 9.58. The SMILES string of the molecule is Cc1cccc2c1CCC(C1CCC(=O)CC1=O)C2=O. The van der Waals surface area contributed by atoms with Gasteiger partial charge in [-0.3, -0.25) is 14.4 Å². The van der Waals surface area contributed by atoms with Crippen LogP contribution < -0.4 is 0 Å². The van der Waals surface area contributed by atoms with E-state index in [1.807, 2.05) is 25.1 Å². The number of aryl methyl sites for hydroxylation is 1. The predicted octanol–water partition coefficient (Wildman–Crippen LogP) is 2.68. The van der Waals surface area contributed by atoms with Gasteiger partial charge in [-0.05, 0) is 37.3 Å². The third-order valence-corrected chi connectivity index (χ3v) is 4.72. The summed E-state index contributed by atoms with van der Waals surface area (Å²) in [6.07, 6.45) is 2.61. The van der Waals surface area contributed by atoms with Crippen molar-refractivity contribution in [1.29, 1.82) is 0 Å². The van der Waals surface area contributed by atoms with Crippen molar-refractivity contribution in [2.24, 2.45) is 11.8 Å². The zero-order valence-corrected chi connectivity index (χ0v) is 11.6. The first kappa shape index (κ1) is 13.2. The second kappa shape index (κ2) is 4.97. The first-order valence-corrected chi connectivity index (χ1v) is 7.25. The quantitative estimate of drug-likeness (QED) is 0.737. The molecule has 2 unspecified atom stereocenters. The van der Waals surface area contributed by atoms with E-state index >= 15 is 0 Å². The lowest BCUT2D eigenvalue weighted by Crippen LogP contribution is -2.37. The van der Waals surface area contributed by atoms with E-state index in [2.05, 4.69) is 0 Å². The summed E-state index contributed by atoms with van der Waals surface area (Å²) in [6.45, 7) is 2.02. The van der Waals surface area contributed by atoms with Gasteiger partial charge in [-0.25, -0.2) is 0 Å². The van der Waals surface area contributed by atoms with Gasteiger partial charge in [0.25, 0.3) is 0 Å². The summed E-state index contributed by atoms with van der Waals surface area (Å²) in [4.78, 5) is 36.0. The summed E-state index contributed by atoms with van der Waals surface area (Å²) >= 11 is 0. The number of carbonyl (C=O) groups excluding carboxylic acids is 3. The van der Waals surface area contributed by atoms with Gasteiger partial charge in [0.2, 0.25) is 0 Å². The highest BCUT2D eigenvalue weighted by molar-refractivity contribution is 6.07. The van der Waals surface area contributed by atoms with E-state index in [0.29, 0.717) is 12.8 Å². The van der Waals surface area contributed by atoms with Crippen LogP contribution in [0.5, 0.6) is 0 Å². The molecular formula is C17H18O3. The predicted molar refractivity (Wildman–Crippen MR) is 74.7 cm³/mol. The molecule has 1 aromatic carbocycles. The Morgan fingerprint density at radius 3 is 2.50 bits per heavy atom. The van der Waals surface area contributed by atoms with Crippen LogP contribution in [0.1, 0.15) is 47.2 Å². The highest BCUT2D eigenvalue weighted by atomic mass is 16.2. The molecule has 1 aromatic rings. The number of rotatable bonds is 1. The molecule has 0 bridgehead atoms. The summed E-state index contributed by atoms with van der Waals surface area (Å²) in [5, 5.41) is 0. The lowest BCUT2D eigenvalue weighted by atomic mass is 9.70. The van der Waals surface area contributed by atoms with Crippen LogP contribution in [0.2, 0.25) is 0 Å². The van der Waals surface area contributed by atoms with Gasteiger partial charge in [0.1, 0.15) is 11.6 Å². The molecule has 2 aliphatic carbocycles. The fourth-order valence-corrected chi connectivity index (χ4v) is 3.60. The molecule has 2 atom stereocenters. The fraction of sp³-hybridized carbons (Fsp3) is 0.471. The maximum atomic E-state index is 12.7. The van der Waals surface area contributed by atoms with Crippen molar-refractivity contribution in [1.82, 2.24) is 0 Å². The van der Waals surface area contributed by atoms with Gasteiger partial charge in [-0.15, -0.1) is 0 Å². The molecule has 0 radical (unpaired) electrons. The summed E-state index contributed by atoms with van der Waals surface area (Å²) in [7, 11) is 0. The molecular weight excluding hydrogens is 252 g/mol. The Hall–Kier alpha value is -1.77. The van der Waals surface area contributed by atoms with E-state index in [1.54, 1.807) is 0 Å². The van der Waals surface area contributed by atoms with Gasteiger partial charge in [0.15, 0.2) is 5.78 Å². The number of fused-ring (bicyclic) bond motifs is 1. The van der Waals surface area contributed by atoms with Crippen molar-refractivity contribution >= 4 is 17.3 Å². The summed E-state index contributed by atoms with van der Waals surface area (Å²) in [5.41, 5.74) is 3.07.